The summed E-state index contributed by atoms with van der Waals surface area (Å²) in [5, 5.41) is 2.96. The molecule has 1 amide bonds. The molecule has 1 heterocycles. The summed E-state index contributed by atoms with van der Waals surface area (Å²) in [5.74, 6) is 0.451. The van der Waals surface area contributed by atoms with Crippen LogP contribution in [-0.2, 0) is 16.4 Å². The van der Waals surface area contributed by atoms with E-state index in [0.717, 1.165) is 30.6 Å². The summed E-state index contributed by atoms with van der Waals surface area (Å²) in [6.07, 6.45) is 3.35. The summed E-state index contributed by atoms with van der Waals surface area (Å²) < 4.78 is 32.4. The van der Waals surface area contributed by atoms with E-state index in [4.69, 9.17) is 16.3 Å². The highest BCUT2D eigenvalue weighted by Gasteiger charge is 2.28. The smallest absolute Gasteiger partial charge is 0.251 e. The zero-order valence-electron chi connectivity index (χ0n) is 16.4. The van der Waals surface area contributed by atoms with Gasteiger partial charge in [-0.2, -0.15) is 4.31 Å². The topological polar surface area (TPSA) is 75.7 Å². The lowest BCUT2D eigenvalue weighted by Gasteiger charge is -2.26. The molecular formula is C21H25ClN2O4S. The Labute approximate surface area is 176 Å². The predicted molar refractivity (Wildman–Crippen MR) is 113 cm³/mol. The number of nitrogens with one attached hydrogen (secondary N) is 1. The van der Waals surface area contributed by atoms with Crippen molar-refractivity contribution >= 4 is 27.5 Å². The first-order chi connectivity index (χ1) is 13.9. The number of halogens is 1. The number of hydrogen-bond acceptors (Lipinski definition) is 4. The van der Waals surface area contributed by atoms with Crippen LogP contribution in [0.4, 0.5) is 0 Å². The van der Waals surface area contributed by atoms with E-state index in [1.54, 1.807) is 13.2 Å². The van der Waals surface area contributed by atoms with Gasteiger partial charge in [0.2, 0.25) is 10.0 Å². The number of benzene rings is 2. The maximum Gasteiger partial charge on any atom is 0.251 e. The number of ether oxygens (including phenoxy) is 1. The first kappa shape index (κ1) is 21.6. The molecule has 8 heteroatoms. The highest BCUT2D eigenvalue weighted by atomic mass is 35.5. The van der Waals surface area contributed by atoms with Crippen molar-refractivity contribution in [2.75, 3.05) is 26.7 Å². The third-order valence-corrected chi connectivity index (χ3v) is 7.36. The Kier molecular flexibility index (Phi) is 7.16. The van der Waals surface area contributed by atoms with Gasteiger partial charge in [-0.25, -0.2) is 8.42 Å². The Morgan fingerprint density at radius 1 is 1.10 bits per heavy atom. The fourth-order valence-electron chi connectivity index (χ4n) is 3.30. The Morgan fingerprint density at radius 3 is 2.45 bits per heavy atom. The maximum atomic E-state index is 12.9. The van der Waals surface area contributed by atoms with E-state index in [0.29, 0.717) is 26.1 Å². The van der Waals surface area contributed by atoms with Crippen LogP contribution in [-0.4, -0.2) is 45.4 Å². The van der Waals surface area contributed by atoms with Gasteiger partial charge in [-0.05, 0) is 55.2 Å². The van der Waals surface area contributed by atoms with Crippen molar-refractivity contribution < 1.29 is 17.9 Å². The molecule has 0 spiro atoms. The molecule has 29 heavy (non-hydrogen) atoms. The van der Waals surface area contributed by atoms with E-state index >= 15 is 0 Å². The maximum absolute atomic E-state index is 12.9. The molecule has 0 bridgehead atoms. The highest BCUT2D eigenvalue weighted by Crippen LogP contribution is 2.27. The van der Waals surface area contributed by atoms with Crippen molar-refractivity contribution in [2.45, 2.75) is 30.6 Å². The van der Waals surface area contributed by atoms with E-state index in [-0.39, 0.29) is 21.4 Å². The molecule has 156 valence electrons. The van der Waals surface area contributed by atoms with Crippen LogP contribution in [0, 0.1) is 0 Å². The molecule has 1 N–H and O–H groups in total. The SMILES string of the molecule is COc1ccc(CCNC(=O)c2ccc(Cl)c(S(=O)(=O)N3CCCCC3)c2)cc1. The molecule has 2 aromatic carbocycles. The first-order valence-corrected chi connectivity index (χ1v) is 11.4. The molecule has 0 aromatic heterocycles. The zero-order valence-corrected chi connectivity index (χ0v) is 17.9. The van der Waals surface area contributed by atoms with Crippen LogP contribution in [0.25, 0.3) is 0 Å². The zero-order chi connectivity index (χ0) is 20.9. The molecule has 1 aliphatic heterocycles. The van der Waals surface area contributed by atoms with Gasteiger partial charge in [-0.15, -0.1) is 0 Å². The van der Waals surface area contributed by atoms with Gasteiger partial charge in [0.05, 0.1) is 12.1 Å². The Hall–Kier alpha value is -2.09. The minimum absolute atomic E-state index is 0.0103. The summed E-state index contributed by atoms with van der Waals surface area (Å²) in [4.78, 5) is 12.5. The van der Waals surface area contributed by atoms with E-state index in [1.807, 2.05) is 24.3 Å². The van der Waals surface area contributed by atoms with Gasteiger partial charge < -0.3 is 10.1 Å². The third-order valence-electron chi connectivity index (χ3n) is 4.98. The van der Waals surface area contributed by atoms with Crippen LogP contribution in [0.3, 0.4) is 0 Å². The van der Waals surface area contributed by atoms with Gasteiger partial charge in [0.25, 0.3) is 5.91 Å². The molecule has 1 fully saturated rings. The van der Waals surface area contributed by atoms with E-state index in [9.17, 15) is 13.2 Å². The Bertz CT molecular complexity index is 955. The molecule has 0 aliphatic carbocycles. The average molecular weight is 437 g/mol. The number of methoxy groups -OCH3 is 1. The largest absolute Gasteiger partial charge is 0.497 e. The number of sulfonamides is 1. The van der Waals surface area contributed by atoms with Crippen molar-refractivity contribution in [3.8, 4) is 5.75 Å². The second kappa shape index (κ2) is 9.61. The molecule has 1 saturated heterocycles. The van der Waals surface area contributed by atoms with Gasteiger partial charge in [-0.3, -0.25) is 4.79 Å². The van der Waals surface area contributed by atoms with E-state index < -0.39 is 10.0 Å². The molecule has 1 aliphatic rings. The minimum Gasteiger partial charge on any atom is -0.497 e. The molecule has 3 rings (SSSR count). The first-order valence-electron chi connectivity index (χ1n) is 9.62. The Morgan fingerprint density at radius 2 is 1.79 bits per heavy atom. The normalized spacial score (nSPS) is 15.1. The van der Waals surface area contributed by atoms with Crippen LogP contribution in [0.15, 0.2) is 47.4 Å². The number of carbonyl (C=O) groups is 1. The van der Waals surface area contributed by atoms with Crippen molar-refractivity contribution in [3.05, 3.63) is 58.6 Å². The summed E-state index contributed by atoms with van der Waals surface area (Å²) in [7, 11) is -2.10. The fraction of sp³-hybridized carbons (Fsp3) is 0.381. The number of rotatable bonds is 7. The number of carbonyl (C=O) groups excluding carboxylic acids is 1. The van der Waals surface area contributed by atoms with Crippen LogP contribution in [0.5, 0.6) is 5.75 Å². The molecular weight excluding hydrogens is 412 g/mol. The molecule has 0 atom stereocenters. The van der Waals surface area contributed by atoms with Crippen LogP contribution >= 0.6 is 11.6 Å². The Balaban J connectivity index is 1.67. The molecule has 2 aromatic rings. The summed E-state index contributed by atoms with van der Waals surface area (Å²) in [6, 6.07) is 12.0. The number of nitrogens with zero attached hydrogens (tertiary/aromatic N) is 1. The number of hydrogen-bond donors (Lipinski definition) is 1. The standard InChI is InChI=1S/C21H25ClN2O4S/c1-28-18-8-5-16(6-9-18)11-12-23-21(25)17-7-10-19(22)20(15-17)29(26,27)24-13-3-2-4-14-24/h5-10,15H,2-4,11-14H2,1H3,(H,23,25). The lowest BCUT2D eigenvalue weighted by atomic mass is 10.1. The highest BCUT2D eigenvalue weighted by molar-refractivity contribution is 7.89. The monoisotopic (exact) mass is 436 g/mol. The number of piperidine rings is 1. The molecule has 0 unspecified atom stereocenters. The van der Waals surface area contributed by atoms with E-state index in [2.05, 4.69) is 5.32 Å². The minimum atomic E-state index is -3.71. The molecule has 0 saturated carbocycles. The lowest BCUT2D eigenvalue weighted by Crippen LogP contribution is -2.36. The summed E-state index contributed by atoms with van der Waals surface area (Å²) >= 11 is 6.17. The second-order valence-corrected chi connectivity index (χ2v) is 9.28. The van der Waals surface area contributed by atoms with Gasteiger partial charge in [0, 0.05) is 25.2 Å². The van der Waals surface area contributed by atoms with Crippen molar-refractivity contribution in [1.82, 2.24) is 9.62 Å². The van der Waals surface area contributed by atoms with Crippen molar-refractivity contribution in [3.63, 3.8) is 0 Å². The quantitative estimate of drug-likeness (QED) is 0.720. The van der Waals surface area contributed by atoms with Crippen LogP contribution < -0.4 is 10.1 Å². The van der Waals surface area contributed by atoms with Crippen LogP contribution in [0.2, 0.25) is 5.02 Å². The van der Waals surface area contributed by atoms with Gasteiger partial charge in [-0.1, -0.05) is 30.2 Å². The predicted octanol–water partition coefficient (Wildman–Crippen LogP) is 3.50. The second-order valence-electron chi connectivity index (χ2n) is 6.96. The van der Waals surface area contributed by atoms with Gasteiger partial charge >= 0.3 is 0 Å². The van der Waals surface area contributed by atoms with Crippen molar-refractivity contribution in [1.29, 1.82) is 0 Å². The third kappa shape index (κ3) is 5.29. The number of amides is 1. The molecule has 0 radical (unpaired) electrons. The fourth-order valence-corrected chi connectivity index (χ4v) is 5.32. The van der Waals surface area contributed by atoms with E-state index in [1.165, 1.54) is 16.4 Å². The van der Waals surface area contributed by atoms with Crippen LogP contribution in [0.1, 0.15) is 35.2 Å². The summed E-state index contributed by atoms with van der Waals surface area (Å²) in [5.41, 5.74) is 1.34. The van der Waals surface area contributed by atoms with Crippen molar-refractivity contribution in [2.24, 2.45) is 0 Å². The van der Waals surface area contributed by atoms with Gasteiger partial charge in [0.1, 0.15) is 10.6 Å². The average Bonchev–Trinajstić information content (AvgIpc) is 2.75. The lowest BCUT2D eigenvalue weighted by molar-refractivity contribution is 0.0954. The molecule has 6 nitrogen and oxygen atoms in total. The summed E-state index contributed by atoms with van der Waals surface area (Å²) in [6.45, 7) is 1.40. The van der Waals surface area contributed by atoms with Gasteiger partial charge in [0.15, 0.2) is 0 Å².